The Hall–Kier alpha value is -0.430. The number of halogens is 4. The maximum absolute atomic E-state index is 12.1. The number of thioether (sulfide) groups is 1. The van der Waals surface area contributed by atoms with Crippen molar-refractivity contribution in [3.05, 3.63) is 29.8 Å². The molecule has 108 valence electrons. The Morgan fingerprint density at radius 3 is 2.16 bits per heavy atom. The molecule has 0 saturated heterocycles. The number of rotatable bonds is 4. The van der Waals surface area contributed by atoms with Crippen molar-refractivity contribution >= 4 is 24.2 Å². The van der Waals surface area contributed by atoms with Crippen LogP contribution in [0.3, 0.4) is 0 Å². The van der Waals surface area contributed by atoms with Crippen molar-refractivity contribution in [3.63, 3.8) is 0 Å². The van der Waals surface area contributed by atoms with Gasteiger partial charge < -0.3 is 10.8 Å². The lowest BCUT2D eigenvalue weighted by Crippen LogP contribution is -2.27. The van der Waals surface area contributed by atoms with Crippen LogP contribution in [0.2, 0.25) is 0 Å². The number of alkyl halides is 3. The van der Waals surface area contributed by atoms with Crippen molar-refractivity contribution in [2.24, 2.45) is 11.7 Å². The first-order chi connectivity index (χ1) is 8.37. The van der Waals surface area contributed by atoms with Crippen molar-refractivity contribution in [2.45, 2.75) is 35.4 Å². The molecule has 0 aliphatic heterocycles. The molecule has 0 heterocycles. The van der Waals surface area contributed by atoms with E-state index in [2.05, 4.69) is 0 Å². The van der Waals surface area contributed by atoms with E-state index < -0.39 is 17.7 Å². The number of benzene rings is 1. The smallest absolute Gasteiger partial charge is 0.391 e. The van der Waals surface area contributed by atoms with Gasteiger partial charge in [0, 0.05) is 4.90 Å². The van der Waals surface area contributed by atoms with E-state index in [0.717, 1.165) is 12.8 Å². The summed E-state index contributed by atoms with van der Waals surface area (Å²) >= 11 is -0.155. The summed E-state index contributed by atoms with van der Waals surface area (Å²) in [5.74, 6) is 0.240. The summed E-state index contributed by atoms with van der Waals surface area (Å²) in [4.78, 5) is 0.124. The molecule has 1 aliphatic rings. The summed E-state index contributed by atoms with van der Waals surface area (Å²) in [6.07, 6.45) is 1.33. The molecule has 0 radical (unpaired) electrons. The zero-order valence-electron chi connectivity index (χ0n) is 9.93. The number of aliphatic hydroxyl groups excluding tert-OH is 1. The van der Waals surface area contributed by atoms with Crippen LogP contribution in [0.15, 0.2) is 29.2 Å². The quantitative estimate of drug-likeness (QED) is 0.836. The van der Waals surface area contributed by atoms with Crippen LogP contribution in [0.1, 0.15) is 24.4 Å². The standard InChI is InChI=1S/C12H14F3NOS.ClH/c13-12(14,15)18-9-5-3-7(4-6-9)10(16)11(17)8-1-2-8;/h3-6,8,10-11,17H,1-2,16H2;1H/t10-,11+;/m0./s1. The molecule has 2 rings (SSSR count). The van der Waals surface area contributed by atoms with Crippen LogP contribution in [-0.2, 0) is 0 Å². The van der Waals surface area contributed by atoms with Gasteiger partial charge in [-0.1, -0.05) is 12.1 Å². The third-order valence-electron chi connectivity index (χ3n) is 2.97. The Labute approximate surface area is 120 Å². The number of aliphatic hydroxyl groups is 1. The van der Waals surface area contributed by atoms with Crippen LogP contribution < -0.4 is 5.73 Å². The van der Waals surface area contributed by atoms with E-state index in [4.69, 9.17) is 5.73 Å². The third-order valence-corrected chi connectivity index (χ3v) is 3.71. The minimum Gasteiger partial charge on any atom is -0.391 e. The molecule has 0 amide bonds. The Bertz CT molecular complexity index is 408. The lowest BCUT2D eigenvalue weighted by Gasteiger charge is -2.19. The molecule has 0 spiro atoms. The molecule has 2 nitrogen and oxygen atoms in total. The highest BCUT2D eigenvalue weighted by atomic mass is 35.5. The molecular formula is C12H15ClF3NOS. The highest BCUT2D eigenvalue weighted by molar-refractivity contribution is 8.00. The van der Waals surface area contributed by atoms with Crippen LogP contribution >= 0.6 is 24.2 Å². The van der Waals surface area contributed by atoms with E-state index in [-0.39, 0.29) is 35.0 Å². The molecule has 1 aliphatic carbocycles. The monoisotopic (exact) mass is 313 g/mol. The topological polar surface area (TPSA) is 46.2 Å². The lowest BCUT2D eigenvalue weighted by molar-refractivity contribution is -0.0328. The summed E-state index contributed by atoms with van der Waals surface area (Å²) < 4.78 is 36.4. The molecular weight excluding hydrogens is 299 g/mol. The van der Waals surface area contributed by atoms with Crippen molar-refractivity contribution in [1.29, 1.82) is 0 Å². The molecule has 1 saturated carbocycles. The first kappa shape index (κ1) is 16.6. The van der Waals surface area contributed by atoms with Crippen molar-refractivity contribution in [1.82, 2.24) is 0 Å². The first-order valence-electron chi connectivity index (χ1n) is 5.66. The third kappa shape index (κ3) is 4.87. The van der Waals surface area contributed by atoms with Gasteiger partial charge in [0.15, 0.2) is 0 Å². The fourth-order valence-electron chi connectivity index (χ4n) is 1.82. The Balaban J connectivity index is 0.00000180. The van der Waals surface area contributed by atoms with E-state index in [9.17, 15) is 18.3 Å². The van der Waals surface area contributed by atoms with Gasteiger partial charge in [0.25, 0.3) is 0 Å². The number of hydrogen-bond acceptors (Lipinski definition) is 3. The highest BCUT2D eigenvalue weighted by Gasteiger charge is 2.34. The molecule has 1 aromatic carbocycles. The first-order valence-corrected chi connectivity index (χ1v) is 6.48. The minimum absolute atomic E-state index is 0. The van der Waals surface area contributed by atoms with Crippen molar-refractivity contribution in [3.8, 4) is 0 Å². The highest BCUT2D eigenvalue weighted by Crippen LogP contribution is 2.39. The molecule has 0 bridgehead atoms. The summed E-state index contributed by atoms with van der Waals surface area (Å²) in [5, 5.41) is 9.86. The normalized spacial score (nSPS) is 18.6. The fraction of sp³-hybridized carbons (Fsp3) is 0.500. The van der Waals surface area contributed by atoms with E-state index in [1.54, 1.807) is 12.1 Å². The van der Waals surface area contributed by atoms with Crippen LogP contribution in [0.5, 0.6) is 0 Å². The Kier molecular flexibility index (Phi) is 5.55. The maximum Gasteiger partial charge on any atom is 0.446 e. The average Bonchev–Trinajstić information content (AvgIpc) is 3.10. The van der Waals surface area contributed by atoms with Gasteiger partial charge in [0.2, 0.25) is 0 Å². The van der Waals surface area contributed by atoms with Gasteiger partial charge in [-0.3, -0.25) is 0 Å². The lowest BCUT2D eigenvalue weighted by atomic mass is 9.99. The largest absolute Gasteiger partial charge is 0.446 e. The molecule has 7 heteroatoms. The molecule has 3 N–H and O–H groups in total. The Morgan fingerprint density at radius 2 is 1.74 bits per heavy atom. The fourth-order valence-corrected chi connectivity index (χ4v) is 2.36. The number of hydrogen-bond donors (Lipinski definition) is 2. The zero-order valence-corrected chi connectivity index (χ0v) is 11.6. The van der Waals surface area contributed by atoms with Crippen LogP contribution in [0, 0.1) is 5.92 Å². The second-order valence-corrected chi connectivity index (χ2v) is 5.61. The van der Waals surface area contributed by atoms with Crippen LogP contribution in [0.25, 0.3) is 0 Å². The predicted molar refractivity (Wildman–Crippen MR) is 71.3 cm³/mol. The summed E-state index contributed by atoms with van der Waals surface area (Å²) in [6, 6.07) is 5.33. The van der Waals surface area contributed by atoms with Crippen LogP contribution in [-0.4, -0.2) is 16.7 Å². The van der Waals surface area contributed by atoms with Gasteiger partial charge in [0.1, 0.15) is 0 Å². The van der Waals surface area contributed by atoms with Gasteiger partial charge in [-0.25, -0.2) is 0 Å². The SMILES string of the molecule is Cl.N[C@@H](c1ccc(SC(F)(F)F)cc1)[C@H](O)C1CC1. The van der Waals surface area contributed by atoms with E-state index in [1.165, 1.54) is 12.1 Å². The number of nitrogens with two attached hydrogens (primary N) is 1. The molecule has 19 heavy (non-hydrogen) atoms. The summed E-state index contributed by atoms with van der Waals surface area (Å²) in [7, 11) is 0. The van der Waals surface area contributed by atoms with Gasteiger partial charge >= 0.3 is 5.51 Å². The second-order valence-electron chi connectivity index (χ2n) is 4.47. The molecule has 2 atom stereocenters. The van der Waals surface area contributed by atoms with Crippen molar-refractivity contribution in [2.75, 3.05) is 0 Å². The summed E-state index contributed by atoms with van der Waals surface area (Å²) in [5.41, 5.74) is 2.26. The molecule has 0 aromatic heterocycles. The van der Waals surface area contributed by atoms with E-state index in [0.29, 0.717) is 5.56 Å². The minimum atomic E-state index is -4.28. The maximum atomic E-state index is 12.1. The van der Waals surface area contributed by atoms with Gasteiger partial charge in [-0.05, 0) is 48.2 Å². The van der Waals surface area contributed by atoms with E-state index in [1.807, 2.05) is 0 Å². The van der Waals surface area contributed by atoms with Gasteiger partial charge in [-0.2, -0.15) is 13.2 Å². The average molecular weight is 314 g/mol. The molecule has 1 fully saturated rings. The molecule has 0 unspecified atom stereocenters. The Morgan fingerprint density at radius 1 is 1.21 bits per heavy atom. The van der Waals surface area contributed by atoms with Gasteiger partial charge in [0.05, 0.1) is 12.1 Å². The van der Waals surface area contributed by atoms with E-state index >= 15 is 0 Å². The predicted octanol–water partition coefficient (Wildman–Crippen LogP) is 3.49. The van der Waals surface area contributed by atoms with Crippen molar-refractivity contribution < 1.29 is 18.3 Å². The zero-order chi connectivity index (χ0) is 13.3. The second kappa shape index (κ2) is 6.35. The molecule has 1 aromatic rings. The van der Waals surface area contributed by atoms with Crippen LogP contribution in [0.4, 0.5) is 13.2 Å². The summed E-state index contributed by atoms with van der Waals surface area (Å²) in [6.45, 7) is 0. The van der Waals surface area contributed by atoms with Gasteiger partial charge in [-0.15, -0.1) is 12.4 Å².